The van der Waals surface area contributed by atoms with Crippen molar-refractivity contribution in [2.45, 2.75) is 6.61 Å². The molecule has 0 radical (unpaired) electrons. The molecule has 0 amide bonds. The molecule has 2 rings (SSSR count). The van der Waals surface area contributed by atoms with Crippen LogP contribution >= 0.6 is 0 Å². The zero-order chi connectivity index (χ0) is 12.3. The second-order valence-electron chi connectivity index (χ2n) is 3.33. The molecule has 0 saturated carbocycles. The normalized spacial score (nSPS) is 12.6. The zero-order valence-corrected chi connectivity index (χ0v) is 9.26. The number of carbonyl (C=O) groups excluding carboxylic acids is 1. The zero-order valence-electron chi connectivity index (χ0n) is 9.26. The smallest absolute Gasteiger partial charge is 0.231 e. The first-order chi connectivity index (χ1) is 8.31. The van der Waals surface area contributed by atoms with Crippen LogP contribution in [0, 0.1) is 0 Å². The SMILES string of the molecule is COCOc1cc2c(c(CO)c1C=O)OCO2. The summed E-state index contributed by atoms with van der Waals surface area (Å²) < 4.78 is 20.4. The van der Waals surface area contributed by atoms with Gasteiger partial charge in [0, 0.05) is 18.7 Å². The number of rotatable bonds is 5. The summed E-state index contributed by atoms with van der Waals surface area (Å²) in [6.45, 7) is -0.260. The molecule has 1 aromatic carbocycles. The number of aliphatic hydroxyl groups excluding tert-OH is 1. The highest BCUT2D eigenvalue weighted by Gasteiger charge is 2.24. The van der Waals surface area contributed by atoms with E-state index in [0.717, 1.165) is 0 Å². The number of methoxy groups -OCH3 is 1. The van der Waals surface area contributed by atoms with E-state index in [-0.39, 0.29) is 25.8 Å². The van der Waals surface area contributed by atoms with Crippen molar-refractivity contribution in [1.29, 1.82) is 0 Å². The second kappa shape index (κ2) is 5.03. The summed E-state index contributed by atoms with van der Waals surface area (Å²) in [4.78, 5) is 11.0. The number of ether oxygens (including phenoxy) is 4. The van der Waals surface area contributed by atoms with Crippen molar-refractivity contribution in [3.63, 3.8) is 0 Å². The quantitative estimate of drug-likeness (QED) is 0.603. The Labute approximate surface area is 97.7 Å². The first-order valence-electron chi connectivity index (χ1n) is 4.95. The van der Waals surface area contributed by atoms with Gasteiger partial charge in [0.2, 0.25) is 6.79 Å². The molecule has 6 heteroatoms. The van der Waals surface area contributed by atoms with Gasteiger partial charge < -0.3 is 24.1 Å². The lowest BCUT2D eigenvalue weighted by atomic mass is 10.1. The van der Waals surface area contributed by atoms with Crippen LogP contribution in [0.1, 0.15) is 15.9 Å². The molecule has 0 aromatic heterocycles. The maximum Gasteiger partial charge on any atom is 0.231 e. The summed E-state index contributed by atoms with van der Waals surface area (Å²) in [5, 5.41) is 9.28. The van der Waals surface area contributed by atoms with Gasteiger partial charge in [0.05, 0.1) is 12.2 Å². The Morgan fingerprint density at radius 3 is 3.00 bits per heavy atom. The third-order valence-corrected chi connectivity index (χ3v) is 2.38. The van der Waals surface area contributed by atoms with Crippen molar-refractivity contribution >= 4 is 6.29 Å². The molecule has 0 spiro atoms. The minimum absolute atomic E-state index is 0.00531. The van der Waals surface area contributed by atoms with E-state index in [0.29, 0.717) is 29.1 Å². The van der Waals surface area contributed by atoms with Crippen LogP contribution in [-0.2, 0) is 11.3 Å². The van der Waals surface area contributed by atoms with Gasteiger partial charge in [-0.25, -0.2) is 0 Å². The van der Waals surface area contributed by atoms with Gasteiger partial charge in [-0.05, 0) is 0 Å². The molecular formula is C11H12O6. The molecule has 6 nitrogen and oxygen atoms in total. The molecule has 0 atom stereocenters. The molecule has 0 fully saturated rings. The molecule has 1 N–H and O–H groups in total. The highest BCUT2D eigenvalue weighted by Crippen LogP contribution is 2.42. The van der Waals surface area contributed by atoms with Crippen molar-refractivity contribution in [2.75, 3.05) is 20.7 Å². The number of aliphatic hydroxyl groups is 1. The summed E-state index contributed by atoms with van der Waals surface area (Å²) >= 11 is 0. The second-order valence-corrected chi connectivity index (χ2v) is 3.33. The van der Waals surface area contributed by atoms with E-state index < -0.39 is 0 Å². The van der Waals surface area contributed by atoms with E-state index in [1.54, 1.807) is 6.07 Å². The summed E-state index contributed by atoms with van der Waals surface area (Å²) in [7, 11) is 1.47. The van der Waals surface area contributed by atoms with E-state index >= 15 is 0 Å². The highest BCUT2D eigenvalue weighted by molar-refractivity contribution is 5.84. The fourth-order valence-electron chi connectivity index (χ4n) is 1.63. The lowest BCUT2D eigenvalue weighted by Crippen LogP contribution is -2.04. The summed E-state index contributed by atoms with van der Waals surface area (Å²) in [6, 6.07) is 1.55. The van der Waals surface area contributed by atoms with Crippen LogP contribution in [0.2, 0.25) is 0 Å². The largest absolute Gasteiger partial charge is 0.467 e. The molecule has 1 aliphatic heterocycles. The minimum Gasteiger partial charge on any atom is -0.467 e. The van der Waals surface area contributed by atoms with Crippen LogP contribution < -0.4 is 14.2 Å². The summed E-state index contributed by atoms with van der Waals surface area (Å²) in [6.07, 6.45) is 0.610. The summed E-state index contributed by atoms with van der Waals surface area (Å²) in [5.74, 6) is 1.14. The molecule has 1 heterocycles. The topological polar surface area (TPSA) is 74.2 Å². The van der Waals surface area contributed by atoms with E-state index in [2.05, 4.69) is 0 Å². The summed E-state index contributed by atoms with van der Waals surface area (Å²) in [5.41, 5.74) is 0.606. The first kappa shape index (κ1) is 11.7. The number of hydrogen-bond donors (Lipinski definition) is 1. The molecule has 17 heavy (non-hydrogen) atoms. The maximum absolute atomic E-state index is 11.0. The first-order valence-corrected chi connectivity index (χ1v) is 4.95. The van der Waals surface area contributed by atoms with Crippen LogP contribution in [0.25, 0.3) is 0 Å². The van der Waals surface area contributed by atoms with Crippen molar-refractivity contribution < 1.29 is 28.8 Å². The average Bonchev–Trinajstić information content (AvgIpc) is 2.81. The standard InChI is InChI=1S/C11H12O6/c1-14-5-15-9-2-10-11(17-6-16-10)8(4-13)7(9)3-12/h2-3,13H,4-6H2,1H3. The van der Waals surface area contributed by atoms with E-state index in [1.165, 1.54) is 7.11 Å². The van der Waals surface area contributed by atoms with Crippen molar-refractivity contribution in [1.82, 2.24) is 0 Å². The van der Waals surface area contributed by atoms with Crippen LogP contribution in [-0.4, -0.2) is 32.1 Å². The van der Waals surface area contributed by atoms with Gasteiger partial charge in [-0.3, -0.25) is 4.79 Å². The van der Waals surface area contributed by atoms with Gasteiger partial charge in [-0.1, -0.05) is 0 Å². The van der Waals surface area contributed by atoms with E-state index in [9.17, 15) is 9.90 Å². The molecule has 1 aliphatic rings. The van der Waals surface area contributed by atoms with Crippen molar-refractivity contribution in [2.24, 2.45) is 0 Å². The number of fused-ring (bicyclic) bond motifs is 1. The fraction of sp³-hybridized carbons (Fsp3) is 0.364. The van der Waals surface area contributed by atoms with Gasteiger partial charge in [0.1, 0.15) is 5.75 Å². The van der Waals surface area contributed by atoms with Gasteiger partial charge in [-0.2, -0.15) is 0 Å². The lowest BCUT2D eigenvalue weighted by Gasteiger charge is -2.12. The fourth-order valence-corrected chi connectivity index (χ4v) is 1.63. The Bertz CT molecular complexity index is 428. The maximum atomic E-state index is 11.0. The Morgan fingerprint density at radius 1 is 1.53 bits per heavy atom. The predicted octanol–water partition coefficient (Wildman–Crippen LogP) is 0.703. The monoisotopic (exact) mass is 240 g/mol. The van der Waals surface area contributed by atoms with Crippen molar-refractivity contribution in [3.05, 3.63) is 17.2 Å². The number of hydrogen-bond acceptors (Lipinski definition) is 6. The molecule has 0 unspecified atom stereocenters. The van der Waals surface area contributed by atoms with Gasteiger partial charge in [0.15, 0.2) is 24.6 Å². The number of aldehydes is 1. The highest BCUT2D eigenvalue weighted by atomic mass is 16.7. The molecule has 92 valence electrons. The molecular weight excluding hydrogens is 228 g/mol. The van der Waals surface area contributed by atoms with Gasteiger partial charge in [0.25, 0.3) is 0 Å². The van der Waals surface area contributed by atoms with E-state index in [4.69, 9.17) is 18.9 Å². The van der Waals surface area contributed by atoms with Crippen molar-refractivity contribution in [3.8, 4) is 17.2 Å². The van der Waals surface area contributed by atoms with Crippen LogP contribution in [0.3, 0.4) is 0 Å². The van der Waals surface area contributed by atoms with Crippen LogP contribution in [0.4, 0.5) is 0 Å². The predicted molar refractivity (Wildman–Crippen MR) is 56.4 cm³/mol. The van der Waals surface area contributed by atoms with Gasteiger partial charge in [-0.15, -0.1) is 0 Å². The number of carbonyl (C=O) groups is 1. The molecule has 0 aliphatic carbocycles. The molecule has 0 saturated heterocycles. The Balaban J connectivity index is 2.48. The van der Waals surface area contributed by atoms with E-state index in [1.807, 2.05) is 0 Å². The third kappa shape index (κ3) is 2.04. The molecule has 1 aromatic rings. The lowest BCUT2D eigenvalue weighted by molar-refractivity contribution is 0.0502. The average molecular weight is 240 g/mol. The van der Waals surface area contributed by atoms with Crippen LogP contribution in [0.5, 0.6) is 17.2 Å². The minimum atomic E-state index is -0.329. The third-order valence-electron chi connectivity index (χ3n) is 2.38. The Hall–Kier alpha value is -1.79. The molecule has 0 bridgehead atoms. The van der Waals surface area contributed by atoms with Crippen LogP contribution in [0.15, 0.2) is 6.07 Å². The number of benzene rings is 1. The van der Waals surface area contributed by atoms with Gasteiger partial charge >= 0.3 is 0 Å². The Morgan fingerprint density at radius 2 is 2.35 bits per heavy atom. The Kier molecular flexibility index (Phi) is 3.46.